The Morgan fingerprint density at radius 3 is 2.17 bits per heavy atom. The van der Waals surface area contributed by atoms with Gasteiger partial charge in [0.15, 0.2) is 12.4 Å². The Kier molecular flexibility index (Phi) is 8.45. The van der Waals surface area contributed by atoms with Crippen molar-refractivity contribution in [2.24, 2.45) is 23.7 Å². The zero-order chi connectivity index (χ0) is 32.4. The summed E-state index contributed by atoms with van der Waals surface area (Å²) in [6.45, 7) is 1.57. The fourth-order valence-corrected chi connectivity index (χ4v) is 9.76. The smallest absolute Gasteiger partial charge is 0.339 e. The Morgan fingerprint density at radius 1 is 0.935 bits per heavy atom. The second kappa shape index (κ2) is 12.3. The normalized spacial score (nSPS) is 24.9. The number of ether oxygens (including phenoxy) is 1. The van der Waals surface area contributed by atoms with Gasteiger partial charge in [0.2, 0.25) is 11.8 Å². The number of esters is 1. The van der Waals surface area contributed by atoms with E-state index in [1.165, 1.54) is 4.90 Å². The van der Waals surface area contributed by atoms with Gasteiger partial charge in [0, 0.05) is 35.7 Å². The number of halogens is 4. The summed E-state index contributed by atoms with van der Waals surface area (Å²) in [7, 11) is 0. The number of carbonyl (C=O) groups excluding carboxylic acids is 4. The molecule has 3 aliphatic rings. The molecule has 2 saturated carbocycles. The highest BCUT2D eigenvalue weighted by Gasteiger charge is 2.66. The molecule has 1 saturated heterocycles. The number of imide groups is 1. The summed E-state index contributed by atoms with van der Waals surface area (Å²) in [4.78, 5) is 59.9. The van der Waals surface area contributed by atoms with Crippen molar-refractivity contribution in [2.45, 2.75) is 29.4 Å². The Morgan fingerprint density at radius 2 is 1.57 bits per heavy atom. The van der Waals surface area contributed by atoms with E-state index in [1.54, 1.807) is 54.6 Å². The first kappa shape index (κ1) is 31.7. The van der Waals surface area contributed by atoms with Gasteiger partial charge in [-0.25, -0.2) is 9.78 Å². The molecule has 1 aliphatic heterocycles. The van der Waals surface area contributed by atoms with Crippen LogP contribution in [-0.2, 0) is 20.7 Å². The summed E-state index contributed by atoms with van der Waals surface area (Å²) < 4.78 is 6.31. The first-order chi connectivity index (χ1) is 22.1. The molecule has 6 atom stereocenters. The van der Waals surface area contributed by atoms with E-state index in [0.717, 1.165) is 16.5 Å². The van der Waals surface area contributed by atoms with Gasteiger partial charge in [-0.15, -0.1) is 0 Å². The van der Waals surface area contributed by atoms with Crippen molar-refractivity contribution in [3.8, 4) is 11.3 Å². The summed E-state index contributed by atoms with van der Waals surface area (Å²) >= 11 is 17.0. The number of Topliss-reactive ketones (excluding diaryl/α,β-unsaturated/α-hetero) is 1. The highest BCUT2D eigenvalue weighted by molar-refractivity contribution is 9.12. The van der Waals surface area contributed by atoms with Gasteiger partial charge in [-0.05, 0) is 84.8 Å². The van der Waals surface area contributed by atoms with Crippen LogP contribution >= 0.6 is 59.4 Å². The number of alkyl halides is 2. The third kappa shape index (κ3) is 5.25. The van der Waals surface area contributed by atoms with Gasteiger partial charge in [-0.2, -0.15) is 0 Å². The zero-order valence-electron chi connectivity index (χ0n) is 24.4. The quantitative estimate of drug-likeness (QED) is 0.0808. The highest BCUT2D eigenvalue weighted by atomic mass is 79.9. The van der Waals surface area contributed by atoms with Crippen LogP contribution in [0.4, 0.5) is 5.69 Å². The van der Waals surface area contributed by atoms with Crippen LogP contribution in [0.5, 0.6) is 0 Å². The molecule has 2 aliphatic carbocycles. The molecule has 6 unspecified atom stereocenters. The van der Waals surface area contributed by atoms with E-state index in [4.69, 9.17) is 21.3 Å². The van der Waals surface area contributed by atoms with Gasteiger partial charge in [-0.3, -0.25) is 19.3 Å². The number of hydrogen-bond acceptors (Lipinski definition) is 6. The van der Waals surface area contributed by atoms with Crippen molar-refractivity contribution in [1.82, 2.24) is 4.98 Å². The van der Waals surface area contributed by atoms with Crippen LogP contribution in [0, 0.1) is 23.7 Å². The first-order valence-corrected chi connectivity index (χ1v) is 17.9. The van der Waals surface area contributed by atoms with E-state index in [2.05, 4.69) is 47.8 Å². The monoisotopic (exact) mass is 826 g/mol. The summed E-state index contributed by atoms with van der Waals surface area (Å²) in [6.07, 6.45) is 1.54. The lowest BCUT2D eigenvalue weighted by Gasteiger charge is -2.28. The van der Waals surface area contributed by atoms with E-state index in [-0.39, 0.29) is 56.5 Å². The molecule has 46 heavy (non-hydrogen) atoms. The molecular formula is C35H26Br3ClN2O5. The Labute approximate surface area is 295 Å². The number of aromatic nitrogens is 1. The van der Waals surface area contributed by atoms with Gasteiger partial charge in [-0.1, -0.05) is 78.4 Å². The molecule has 3 fully saturated rings. The predicted octanol–water partition coefficient (Wildman–Crippen LogP) is 8.20. The van der Waals surface area contributed by atoms with Gasteiger partial charge in [0.05, 0.1) is 34.3 Å². The number of ketones is 1. The molecule has 2 bridgehead atoms. The molecule has 0 spiro atoms. The van der Waals surface area contributed by atoms with Crippen molar-refractivity contribution in [2.75, 3.05) is 11.5 Å². The van der Waals surface area contributed by atoms with Crippen LogP contribution in [0.3, 0.4) is 0 Å². The molecule has 2 heterocycles. The van der Waals surface area contributed by atoms with Crippen LogP contribution < -0.4 is 4.90 Å². The molecule has 4 aromatic rings. The van der Waals surface area contributed by atoms with E-state index >= 15 is 0 Å². The Bertz CT molecular complexity index is 1900. The van der Waals surface area contributed by atoms with Gasteiger partial charge >= 0.3 is 5.97 Å². The predicted molar refractivity (Wildman–Crippen MR) is 187 cm³/mol. The summed E-state index contributed by atoms with van der Waals surface area (Å²) in [5.74, 6) is -1.62. The molecule has 7 rings (SSSR count). The Hall–Kier alpha value is -2.92. The molecule has 11 heteroatoms. The largest absolute Gasteiger partial charge is 0.454 e. The van der Waals surface area contributed by atoms with E-state index in [9.17, 15) is 19.2 Å². The lowest BCUT2D eigenvalue weighted by atomic mass is 9.81. The van der Waals surface area contributed by atoms with Crippen molar-refractivity contribution in [1.29, 1.82) is 0 Å². The average Bonchev–Trinajstić information content (AvgIpc) is 3.67. The number of amides is 2. The van der Waals surface area contributed by atoms with Crippen molar-refractivity contribution < 1.29 is 23.9 Å². The molecule has 1 aromatic heterocycles. The fourth-order valence-electron chi connectivity index (χ4n) is 7.26. The number of carbonyl (C=O) groups is 4. The highest BCUT2D eigenvalue weighted by Crippen LogP contribution is 2.60. The SMILES string of the molecule is CCc1cc(Br)cc2c(C(=O)OCC(=O)c3ccc(Cl)cc3)cc(-c3ccc(N4C(=O)C5C6CC(C(Br)C6Br)C5C4=O)cc3)nc12. The standard InChI is InChI=1S/C35H26Br3ClN2O5/c1-2-16-11-19(36)12-22-23(35(45)46-15-27(42)18-3-7-20(39)8-4-18)14-26(40-32(16)22)17-5-9-21(10-6-17)41-33(43)28-24-13-25(29(28)34(41)44)31(38)30(24)37/h3-12,14,24-25,28-31H,2,13,15H2,1H3. The number of pyridine rings is 1. The molecule has 0 radical (unpaired) electrons. The minimum Gasteiger partial charge on any atom is -0.454 e. The number of fused-ring (bicyclic) bond motifs is 6. The van der Waals surface area contributed by atoms with Gasteiger partial charge < -0.3 is 4.74 Å². The number of rotatable bonds is 7. The average molecular weight is 830 g/mol. The van der Waals surface area contributed by atoms with E-state index < -0.39 is 12.6 Å². The number of anilines is 1. The van der Waals surface area contributed by atoms with E-state index in [1.807, 2.05) is 19.1 Å². The van der Waals surface area contributed by atoms with Crippen LogP contribution in [0.25, 0.3) is 22.2 Å². The molecular weight excluding hydrogens is 804 g/mol. The number of aryl methyl sites for hydroxylation is 1. The van der Waals surface area contributed by atoms with Gasteiger partial charge in [0.25, 0.3) is 0 Å². The van der Waals surface area contributed by atoms with Crippen molar-refractivity contribution >= 4 is 99.5 Å². The minimum atomic E-state index is -0.655. The van der Waals surface area contributed by atoms with Crippen LogP contribution in [0.15, 0.2) is 71.2 Å². The number of hydrogen-bond donors (Lipinski definition) is 0. The van der Waals surface area contributed by atoms with E-state index in [0.29, 0.717) is 44.9 Å². The van der Waals surface area contributed by atoms with Crippen molar-refractivity contribution in [3.63, 3.8) is 0 Å². The topological polar surface area (TPSA) is 93.6 Å². The van der Waals surface area contributed by atoms with Crippen molar-refractivity contribution in [3.05, 3.63) is 92.9 Å². The number of nitrogens with zero attached hydrogens (tertiary/aromatic N) is 2. The first-order valence-electron chi connectivity index (χ1n) is 14.9. The molecule has 2 amide bonds. The Balaban J connectivity index is 1.20. The van der Waals surface area contributed by atoms with Crippen LogP contribution in [0.2, 0.25) is 5.02 Å². The lowest BCUT2D eigenvalue weighted by molar-refractivity contribution is -0.123. The maximum absolute atomic E-state index is 13.5. The second-order valence-electron chi connectivity index (χ2n) is 11.9. The third-order valence-electron chi connectivity index (χ3n) is 9.47. The minimum absolute atomic E-state index is 0.134. The summed E-state index contributed by atoms with van der Waals surface area (Å²) in [5.41, 5.74) is 3.96. The summed E-state index contributed by atoms with van der Waals surface area (Å²) in [6, 6.07) is 18.9. The second-order valence-corrected chi connectivity index (χ2v) is 15.4. The maximum Gasteiger partial charge on any atom is 0.339 e. The van der Waals surface area contributed by atoms with Crippen LogP contribution in [0.1, 0.15) is 39.6 Å². The molecule has 0 N–H and O–H groups in total. The fraction of sp³-hybridized carbons (Fsp3) is 0.286. The molecule has 3 aromatic carbocycles. The third-order valence-corrected chi connectivity index (χ3v) is 13.4. The lowest BCUT2D eigenvalue weighted by Crippen LogP contribution is -2.37. The number of benzene rings is 3. The summed E-state index contributed by atoms with van der Waals surface area (Å²) in [5, 5.41) is 1.10. The molecule has 234 valence electrons. The molecule has 7 nitrogen and oxygen atoms in total. The zero-order valence-corrected chi connectivity index (χ0v) is 29.9. The maximum atomic E-state index is 13.5. The van der Waals surface area contributed by atoms with Gasteiger partial charge in [0.1, 0.15) is 0 Å². The van der Waals surface area contributed by atoms with Crippen LogP contribution in [-0.4, -0.2) is 44.8 Å².